The third kappa shape index (κ3) is 2.55. The van der Waals surface area contributed by atoms with Crippen molar-refractivity contribution in [2.75, 3.05) is 0 Å². The van der Waals surface area contributed by atoms with Crippen LogP contribution in [-0.2, 0) is 6.18 Å². The van der Waals surface area contributed by atoms with Crippen LogP contribution in [-0.4, -0.2) is 20.9 Å². The normalized spacial score (nSPS) is 11.6. The van der Waals surface area contributed by atoms with Gasteiger partial charge in [0.25, 0.3) is 0 Å². The molecule has 0 unspecified atom stereocenters. The van der Waals surface area contributed by atoms with E-state index in [2.05, 4.69) is 5.10 Å². The van der Waals surface area contributed by atoms with Gasteiger partial charge in [-0.2, -0.15) is 18.3 Å². The predicted molar refractivity (Wildman–Crippen MR) is 60.5 cm³/mol. The Morgan fingerprint density at radius 3 is 2.58 bits per heavy atom. The lowest BCUT2D eigenvalue weighted by Crippen LogP contribution is -2.07. The first kappa shape index (κ1) is 13.4. The minimum Gasteiger partial charge on any atom is -0.478 e. The summed E-state index contributed by atoms with van der Waals surface area (Å²) in [5.74, 6) is -1.30. The van der Waals surface area contributed by atoms with Crippen molar-refractivity contribution in [1.29, 1.82) is 0 Å². The van der Waals surface area contributed by atoms with Crippen LogP contribution >= 0.6 is 11.6 Å². The quantitative estimate of drug-likeness (QED) is 0.924. The van der Waals surface area contributed by atoms with Gasteiger partial charge in [-0.25, -0.2) is 9.48 Å². The van der Waals surface area contributed by atoms with Crippen molar-refractivity contribution in [1.82, 2.24) is 9.78 Å². The van der Waals surface area contributed by atoms with Gasteiger partial charge in [0.1, 0.15) is 0 Å². The summed E-state index contributed by atoms with van der Waals surface area (Å²) in [6, 6.07) is 4.00. The van der Waals surface area contributed by atoms with Gasteiger partial charge in [-0.05, 0) is 12.1 Å². The summed E-state index contributed by atoms with van der Waals surface area (Å²) in [5, 5.41) is 12.5. The molecule has 2 aromatic rings. The van der Waals surface area contributed by atoms with E-state index in [1.54, 1.807) is 0 Å². The second kappa shape index (κ2) is 4.58. The molecule has 0 radical (unpaired) electrons. The topological polar surface area (TPSA) is 55.1 Å². The molecule has 1 N–H and O–H groups in total. The molecule has 2 rings (SSSR count). The lowest BCUT2D eigenvalue weighted by atomic mass is 10.2. The van der Waals surface area contributed by atoms with Crippen LogP contribution in [0.15, 0.2) is 30.6 Å². The Balaban J connectivity index is 2.59. The molecule has 0 aliphatic rings. The van der Waals surface area contributed by atoms with E-state index in [0.29, 0.717) is 12.4 Å². The highest BCUT2D eigenvalue weighted by atomic mass is 35.5. The molecule has 0 atom stereocenters. The zero-order valence-corrected chi connectivity index (χ0v) is 9.90. The van der Waals surface area contributed by atoms with Gasteiger partial charge in [0, 0.05) is 6.20 Å². The molecule has 100 valence electrons. The van der Waals surface area contributed by atoms with Crippen molar-refractivity contribution in [3.63, 3.8) is 0 Å². The Morgan fingerprint density at radius 1 is 1.37 bits per heavy atom. The number of carboxylic acid groups (broad SMARTS) is 1. The Bertz CT molecular complexity index is 637. The van der Waals surface area contributed by atoms with E-state index >= 15 is 0 Å². The Morgan fingerprint density at radius 2 is 2.05 bits per heavy atom. The Hall–Kier alpha value is -2.02. The van der Waals surface area contributed by atoms with Crippen LogP contribution < -0.4 is 0 Å². The van der Waals surface area contributed by atoms with Crippen LogP contribution in [0.4, 0.5) is 13.2 Å². The highest BCUT2D eigenvalue weighted by molar-refractivity contribution is 6.33. The van der Waals surface area contributed by atoms with Crippen molar-refractivity contribution >= 4 is 17.6 Å². The number of halogens is 4. The van der Waals surface area contributed by atoms with Crippen LogP contribution in [0.2, 0.25) is 5.02 Å². The van der Waals surface area contributed by atoms with E-state index in [4.69, 9.17) is 16.7 Å². The largest absolute Gasteiger partial charge is 0.478 e. The lowest BCUT2D eigenvalue weighted by Gasteiger charge is -2.08. The molecule has 0 aliphatic carbocycles. The summed E-state index contributed by atoms with van der Waals surface area (Å²) < 4.78 is 38.2. The molecule has 0 saturated heterocycles. The number of aromatic nitrogens is 2. The predicted octanol–water partition coefficient (Wildman–Crippen LogP) is 3.24. The van der Waals surface area contributed by atoms with E-state index < -0.39 is 17.7 Å². The van der Waals surface area contributed by atoms with Gasteiger partial charge in [-0.1, -0.05) is 17.7 Å². The first-order valence-electron chi connectivity index (χ1n) is 4.95. The number of aromatic carboxylic acids is 1. The van der Waals surface area contributed by atoms with Crippen LogP contribution in [0.3, 0.4) is 0 Å². The van der Waals surface area contributed by atoms with Crippen molar-refractivity contribution in [3.8, 4) is 5.69 Å². The van der Waals surface area contributed by atoms with Gasteiger partial charge in [0.2, 0.25) is 0 Å². The number of carboxylic acids is 1. The van der Waals surface area contributed by atoms with Gasteiger partial charge < -0.3 is 5.11 Å². The van der Waals surface area contributed by atoms with Gasteiger partial charge >= 0.3 is 12.1 Å². The molecule has 0 bridgehead atoms. The van der Waals surface area contributed by atoms with E-state index in [0.717, 1.165) is 4.68 Å². The second-order valence-electron chi connectivity index (χ2n) is 3.61. The summed E-state index contributed by atoms with van der Waals surface area (Å²) in [5.41, 5.74) is -1.32. The molecular formula is C11H6ClF3N2O2. The van der Waals surface area contributed by atoms with Crippen molar-refractivity contribution in [3.05, 3.63) is 46.7 Å². The zero-order valence-electron chi connectivity index (χ0n) is 9.15. The molecule has 0 amide bonds. The summed E-state index contributed by atoms with van der Waals surface area (Å²) in [6.45, 7) is 0. The number of carbonyl (C=O) groups is 1. The van der Waals surface area contributed by atoms with Crippen molar-refractivity contribution in [2.45, 2.75) is 6.18 Å². The van der Waals surface area contributed by atoms with E-state index in [9.17, 15) is 18.0 Å². The van der Waals surface area contributed by atoms with Gasteiger partial charge in [0.05, 0.1) is 28.0 Å². The standard InChI is InChI=1S/C11H6ClF3N2O2/c12-8-3-1-2-7(10(18)19)9(8)17-5-6(4-16-17)11(13,14)15/h1-5H,(H,18,19). The van der Waals surface area contributed by atoms with Crippen LogP contribution in [0.1, 0.15) is 15.9 Å². The van der Waals surface area contributed by atoms with Crippen LogP contribution in [0.25, 0.3) is 5.69 Å². The maximum Gasteiger partial charge on any atom is 0.419 e. The molecule has 0 fully saturated rings. The van der Waals surface area contributed by atoms with Crippen molar-refractivity contribution in [2.24, 2.45) is 0 Å². The molecule has 4 nitrogen and oxygen atoms in total. The lowest BCUT2D eigenvalue weighted by molar-refractivity contribution is -0.137. The molecule has 0 spiro atoms. The number of nitrogens with zero attached hydrogens (tertiary/aromatic N) is 2. The molecule has 0 saturated carbocycles. The molecule has 1 aromatic heterocycles. The van der Waals surface area contributed by atoms with Crippen molar-refractivity contribution < 1.29 is 23.1 Å². The molecule has 8 heteroatoms. The minimum atomic E-state index is -4.55. The third-order valence-corrected chi connectivity index (χ3v) is 2.66. The monoisotopic (exact) mass is 290 g/mol. The van der Waals surface area contributed by atoms with Gasteiger partial charge in [-0.3, -0.25) is 0 Å². The Labute approximate surface area is 110 Å². The maximum absolute atomic E-state index is 12.5. The fourth-order valence-corrected chi connectivity index (χ4v) is 1.77. The third-order valence-electron chi connectivity index (χ3n) is 2.36. The smallest absolute Gasteiger partial charge is 0.419 e. The van der Waals surface area contributed by atoms with Gasteiger partial charge in [0.15, 0.2) is 0 Å². The summed E-state index contributed by atoms with van der Waals surface area (Å²) >= 11 is 5.83. The summed E-state index contributed by atoms with van der Waals surface area (Å²) in [4.78, 5) is 11.0. The fourth-order valence-electron chi connectivity index (χ4n) is 1.51. The second-order valence-corrected chi connectivity index (χ2v) is 4.02. The zero-order chi connectivity index (χ0) is 14.2. The number of benzene rings is 1. The molecule has 19 heavy (non-hydrogen) atoms. The summed E-state index contributed by atoms with van der Waals surface area (Å²) in [6.07, 6.45) is -3.26. The first-order chi connectivity index (χ1) is 8.80. The number of hydrogen-bond donors (Lipinski definition) is 1. The van der Waals surface area contributed by atoms with Gasteiger partial charge in [-0.15, -0.1) is 0 Å². The number of para-hydroxylation sites is 1. The number of alkyl halides is 3. The van der Waals surface area contributed by atoms with E-state index in [-0.39, 0.29) is 16.3 Å². The highest BCUT2D eigenvalue weighted by Gasteiger charge is 2.32. The average molecular weight is 291 g/mol. The Kier molecular flexibility index (Phi) is 3.23. The molecule has 1 aromatic carbocycles. The van der Waals surface area contributed by atoms with Crippen LogP contribution in [0.5, 0.6) is 0 Å². The van der Waals surface area contributed by atoms with E-state index in [1.807, 2.05) is 0 Å². The number of rotatable bonds is 2. The first-order valence-corrected chi connectivity index (χ1v) is 5.32. The minimum absolute atomic E-state index is 0.00303. The highest BCUT2D eigenvalue weighted by Crippen LogP contribution is 2.31. The molecule has 1 heterocycles. The average Bonchev–Trinajstić information content (AvgIpc) is 2.77. The number of hydrogen-bond acceptors (Lipinski definition) is 2. The molecule has 0 aliphatic heterocycles. The SMILES string of the molecule is O=C(O)c1cccc(Cl)c1-n1cc(C(F)(F)F)cn1. The molecular weight excluding hydrogens is 285 g/mol. The fraction of sp³-hybridized carbons (Fsp3) is 0.0909. The summed E-state index contributed by atoms with van der Waals surface area (Å²) in [7, 11) is 0. The maximum atomic E-state index is 12.5. The van der Waals surface area contributed by atoms with Crippen LogP contribution in [0, 0.1) is 0 Å². The van der Waals surface area contributed by atoms with E-state index in [1.165, 1.54) is 18.2 Å².